The number of anilines is 1. The van der Waals surface area contributed by atoms with Crippen molar-refractivity contribution in [2.75, 3.05) is 4.72 Å². The quantitative estimate of drug-likeness (QED) is 0.618. The summed E-state index contributed by atoms with van der Waals surface area (Å²) in [4.78, 5) is -0.282. The molecule has 0 aromatic heterocycles. The molecule has 0 aliphatic carbocycles. The molecule has 0 aliphatic rings. The van der Waals surface area contributed by atoms with Crippen molar-refractivity contribution < 1.29 is 21.6 Å². The van der Waals surface area contributed by atoms with Gasteiger partial charge >= 0.3 is 6.18 Å². The first-order chi connectivity index (χ1) is 10.9. The number of sulfonamides is 1. The number of hydrogen-bond acceptors (Lipinski definition) is 2. The summed E-state index contributed by atoms with van der Waals surface area (Å²) in [5, 5.41) is 0.139. The number of benzene rings is 2. The first-order valence-corrected chi connectivity index (χ1v) is 9.30. The van der Waals surface area contributed by atoms with Gasteiger partial charge in [0.25, 0.3) is 10.0 Å². The molecule has 130 valence electrons. The molecule has 10 heteroatoms. The molecule has 0 radical (unpaired) electrons. The molecule has 0 atom stereocenters. The smallest absolute Gasteiger partial charge is 0.278 e. The maximum atomic E-state index is 12.8. The van der Waals surface area contributed by atoms with E-state index in [0.717, 1.165) is 12.1 Å². The summed E-state index contributed by atoms with van der Waals surface area (Å²) in [6, 6.07) is 5.14. The minimum atomic E-state index is -4.60. The number of halogens is 6. The lowest BCUT2D eigenvalue weighted by atomic mass is 10.2. The number of aryl methyl sites for hydroxylation is 1. The molecule has 1 N–H and O–H groups in total. The molecule has 2 rings (SSSR count). The molecule has 0 spiro atoms. The molecule has 3 nitrogen and oxygen atoms in total. The van der Waals surface area contributed by atoms with Crippen molar-refractivity contribution >= 4 is 54.8 Å². The van der Waals surface area contributed by atoms with Crippen LogP contribution < -0.4 is 4.72 Å². The fourth-order valence-electron chi connectivity index (χ4n) is 1.82. The van der Waals surface area contributed by atoms with Crippen molar-refractivity contribution in [3.05, 3.63) is 56.0 Å². The molecule has 0 fully saturated rings. The first-order valence-electron chi connectivity index (χ1n) is 6.27. The fourth-order valence-corrected chi connectivity index (χ4v) is 4.20. The van der Waals surface area contributed by atoms with E-state index in [0.29, 0.717) is 11.6 Å². The highest BCUT2D eigenvalue weighted by molar-refractivity contribution is 9.10. The Morgan fingerprint density at radius 3 is 2.29 bits per heavy atom. The van der Waals surface area contributed by atoms with Crippen molar-refractivity contribution in [3.63, 3.8) is 0 Å². The van der Waals surface area contributed by atoms with Gasteiger partial charge in [0.1, 0.15) is 4.90 Å². The first kappa shape index (κ1) is 19.4. The fraction of sp³-hybridized carbons (Fsp3) is 0.143. The second-order valence-corrected chi connectivity index (χ2v) is 8.15. The van der Waals surface area contributed by atoms with Crippen LogP contribution in [-0.4, -0.2) is 8.42 Å². The van der Waals surface area contributed by atoms with Gasteiger partial charge in [-0.3, -0.25) is 4.72 Å². The van der Waals surface area contributed by atoms with E-state index >= 15 is 0 Å². The average Bonchev–Trinajstić information content (AvgIpc) is 2.43. The third-order valence-electron chi connectivity index (χ3n) is 3.04. The number of hydrogen-bond donors (Lipinski definition) is 1. The van der Waals surface area contributed by atoms with Gasteiger partial charge in [-0.15, -0.1) is 0 Å². The minimum Gasteiger partial charge on any atom is -0.278 e. The SMILES string of the molecule is Cc1cc(S(=O)(=O)Nc2cc(C(F)(F)F)ccc2Br)c(Cl)cc1Cl. The lowest BCUT2D eigenvalue weighted by Gasteiger charge is -2.14. The highest BCUT2D eigenvalue weighted by Gasteiger charge is 2.31. The maximum absolute atomic E-state index is 12.8. The van der Waals surface area contributed by atoms with Gasteiger partial charge in [-0.1, -0.05) is 23.2 Å². The van der Waals surface area contributed by atoms with E-state index in [1.807, 2.05) is 0 Å². The van der Waals surface area contributed by atoms with Gasteiger partial charge < -0.3 is 0 Å². The third kappa shape index (κ3) is 4.17. The molecule has 0 saturated heterocycles. The zero-order valence-corrected chi connectivity index (χ0v) is 15.8. The van der Waals surface area contributed by atoms with Crippen molar-refractivity contribution in [1.82, 2.24) is 0 Å². The maximum Gasteiger partial charge on any atom is 0.416 e. The molecule has 0 heterocycles. The van der Waals surface area contributed by atoms with Crippen molar-refractivity contribution in [2.24, 2.45) is 0 Å². The molecule has 24 heavy (non-hydrogen) atoms. The topological polar surface area (TPSA) is 46.2 Å². The molecular weight excluding hydrogens is 454 g/mol. The van der Waals surface area contributed by atoms with E-state index in [9.17, 15) is 21.6 Å². The van der Waals surface area contributed by atoms with E-state index in [1.165, 1.54) is 12.1 Å². The lowest BCUT2D eigenvalue weighted by Crippen LogP contribution is -2.15. The Morgan fingerprint density at radius 1 is 1.08 bits per heavy atom. The zero-order valence-electron chi connectivity index (χ0n) is 11.9. The van der Waals surface area contributed by atoms with Gasteiger partial charge in [-0.2, -0.15) is 13.2 Å². The monoisotopic (exact) mass is 461 g/mol. The van der Waals surface area contributed by atoms with Crippen LogP contribution in [0.1, 0.15) is 11.1 Å². The van der Waals surface area contributed by atoms with Crippen LogP contribution in [0.2, 0.25) is 10.0 Å². The van der Waals surface area contributed by atoms with Crippen LogP contribution in [0.3, 0.4) is 0 Å². The van der Waals surface area contributed by atoms with E-state index < -0.39 is 21.8 Å². The van der Waals surface area contributed by atoms with Crippen LogP contribution in [0, 0.1) is 6.92 Å². The second kappa shape index (κ2) is 6.74. The average molecular weight is 463 g/mol. The predicted molar refractivity (Wildman–Crippen MR) is 91.2 cm³/mol. The number of nitrogens with one attached hydrogen (secondary N) is 1. The van der Waals surface area contributed by atoms with Crippen LogP contribution in [0.4, 0.5) is 18.9 Å². The Kier molecular flexibility index (Phi) is 5.44. The van der Waals surface area contributed by atoms with Crippen molar-refractivity contribution in [2.45, 2.75) is 18.0 Å². The predicted octanol–water partition coefficient (Wildman–Crippen LogP) is 5.88. The zero-order chi connectivity index (χ0) is 18.3. The van der Waals surface area contributed by atoms with Crippen molar-refractivity contribution in [1.29, 1.82) is 0 Å². The summed E-state index contributed by atoms with van der Waals surface area (Å²) in [5.41, 5.74) is -0.778. The molecule has 2 aromatic rings. The minimum absolute atomic E-state index is 0.138. The molecule has 2 aromatic carbocycles. The van der Waals surface area contributed by atoms with E-state index in [4.69, 9.17) is 23.2 Å². The molecule has 0 saturated carbocycles. The second-order valence-electron chi connectivity index (χ2n) is 4.83. The Hall–Kier alpha value is -0.960. The standard InChI is InChI=1S/C14H9BrCl2F3NO2S/c1-7-4-13(11(17)6-10(7)16)24(22,23)21-12-5-8(14(18,19)20)2-3-9(12)15/h2-6,21H,1H3. The summed E-state index contributed by atoms with van der Waals surface area (Å²) in [6.45, 7) is 1.58. The highest BCUT2D eigenvalue weighted by atomic mass is 79.9. The summed E-state index contributed by atoms with van der Waals surface area (Å²) in [5.74, 6) is 0. The van der Waals surface area contributed by atoms with E-state index in [-0.39, 0.29) is 25.1 Å². The Morgan fingerprint density at radius 2 is 1.71 bits per heavy atom. The van der Waals surface area contributed by atoms with Crippen LogP contribution in [0.5, 0.6) is 0 Å². The van der Waals surface area contributed by atoms with Crippen LogP contribution in [-0.2, 0) is 16.2 Å². The third-order valence-corrected chi connectivity index (χ3v) is 5.97. The Bertz CT molecular complexity index is 902. The summed E-state index contributed by atoms with van der Waals surface area (Å²) in [7, 11) is -4.21. The molecule has 0 unspecified atom stereocenters. The van der Waals surface area contributed by atoms with Gasteiger partial charge in [0, 0.05) is 9.50 Å². The van der Waals surface area contributed by atoms with Gasteiger partial charge in [-0.05, 0) is 58.7 Å². The molecular formula is C14H9BrCl2F3NO2S. The van der Waals surface area contributed by atoms with Crippen molar-refractivity contribution in [3.8, 4) is 0 Å². The van der Waals surface area contributed by atoms with Crippen LogP contribution >= 0.6 is 39.1 Å². The van der Waals surface area contributed by atoms with E-state index in [2.05, 4.69) is 20.7 Å². The van der Waals surface area contributed by atoms with Gasteiger partial charge in [-0.25, -0.2) is 8.42 Å². The van der Waals surface area contributed by atoms with Gasteiger partial charge in [0.15, 0.2) is 0 Å². The largest absolute Gasteiger partial charge is 0.416 e. The number of rotatable bonds is 3. The van der Waals surface area contributed by atoms with Crippen LogP contribution in [0.25, 0.3) is 0 Å². The normalized spacial score (nSPS) is 12.3. The molecule has 0 bridgehead atoms. The summed E-state index contributed by atoms with van der Waals surface area (Å²) < 4.78 is 65.5. The lowest BCUT2D eigenvalue weighted by molar-refractivity contribution is -0.137. The number of alkyl halides is 3. The Labute approximate surface area is 154 Å². The van der Waals surface area contributed by atoms with Crippen LogP contribution in [0.15, 0.2) is 39.7 Å². The van der Waals surface area contributed by atoms with Gasteiger partial charge in [0.2, 0.25) is 0 Å². The summed E-state index contributed by atoms with van der Waals surface area (Å²) in [6.07, 6.45) is -4.60. The highest BCUT2D eigenvalue weighted by Crippen LogP contribution is 2.36. The Balaban J connectivity index is 2.49. The van der Waals surface area contributed by atoms with E-state index in [1.54, 1.807) is 6.92 Å². The summed E-state index contributed by atoms with van der Waals surface area (Å²) >= 11 is 14.8. The molecule has 0 amide bonds. The van der Waals surface area contributed by atoms with Gasteiger partial charge in [0.05, 0.1) is 16.3 Å². The molecule has 0 aliphatic heterocycles.